The van der Waals surface area contributed by atoms with Crippen LogP contribution in [-0.4, -0.2) is 31.6 Å². The largest absolute Gasteiger partial charge is 0.353 e. The molecule has 4 N–H and O–H groups in total. The van der Waals surface area contributed by atoms with Gasteiger partial charge in [0.25, 0.3) is 0 Å². The molecule has 0 saturated carbocycles. The molecule has 1 amide bonds. The van der Waals surface area contributed by atoms with Crippen LogP contribution in [0.25, 0.3) is 0 Å². The van der Waals surface area contributed by atoms with Crippen LogP contribution < -0.4 is 16.4 Å². The molecule has 4 heteroatoms. The van der Waals surface area contributed by atoms with Gasteiger partial charge >= 0.3 is 0 Å². The van der Waals surface area contributed by atoms with Gasteiger partial charge in [-0.15, -0.1) is 5.92 Å². The minimum atomic E-state index is -0.0355. The zero-order valence-electron chi connectivity index (χ0n) is 15.7. The molecular weight excluding hydrogens is 298 g/mol. The van der Waals surface area contributed by atoms with E-state index >= 15 is 0 Å². The summed E-state index contributed by atoms with van der Waals surface area (Å²) in [6.45, 7) is 8.40. The van der Waals surface area contributed by atoms with Crippen molar-refractivity contribution in [1.29, 1.82) is 0 Å². The molecule has 0 aromatic heterocycles. The van der Waals surface area contributed by atoms with Crippen molar-refractivity contribution in [3.63, 3.8) is 0 Å². The van der Waals surface area contributed by atoms with E-state index < -0.39 is 0 Å². The Balaban J connectivity index is 3.84. The molecule has 0 saturated heterocycles. The molecule has 24 heavy (non-hydrogen) atoms. The molecule has 0 aliphatic rings. The molecule has 0 fully saturated rings. The van der Waals surface area contributed by atoms with E-state index in [2.05, 4.69) is 36.3 Å². The van der Waals surface area contributed by atoms with E-state index in [-0.39, 0.29) is 5.91 Å². The molecule has 0 aliphatic heterocycles. The fraction of sp³-hybridized carbons (Fsp3) is 0.650. The minimum absolute atomic E-state index is 0.0355. The molecule has 0 rings (SSSR count). The van der Waals surface area contributed by atoms with Crippen LogP contribution in [0.5, 0.6) is 0 Å². The van der Waals surface area contributed by atoms with Crippen LogP contribution in [0, 0.1) is 11.8 Å². The molecule has 4 nitrogen and oxygen atoms in total. The highest BCUT2D eigenvalue weighted by Crippen LogP contribution is 2.01. The van der Waals surface area contributed by atoms with Crippen molar-refractivity contribution in [3.8, 4) is 11.8 Å². The molecule has 0 aromatic rings. The van der Waals surface area contributed by atoms with E-state index in [4.69, 9.17) is 5.73 Å². The number of hydrogen-bond acceptors (Lipinski definition) is 3. The minimum Gasteiger partial charge on any atom is -0.353 e. The highest BCUT2D eigenvalue weighted by Gasteiger charge is 2.02. The maximum Gasteiger partial charge on any atom is 0.243 e. The summed E-state index contributed by atoms with van der Waals surface area (Å²) in [6.07, 6.45) is 11.4. The number of nitrogens with one attached hydrogen (secondary N) is 2. The second kappa shape index (κ2) is 16.3. The number of amides is 1. The monoisotopic (exact) mass is 333 g/mol. The lowest BCUT2D eigenvalue weighted by Gasteiger charge is -2.15. The van der Waals surface area contributed by atoms with Gasteiger partial charge in [-0.3, -0.25) is 4.79 Å². The van der Waals surface area contributed by atoms with Crippen molar-refractivity contribution in [2.75, 3.05) is 19.6 Å². The Bertz CT molecular complexity index is 444. The van der Waals surface area contributed by atoms with Gasteiger partial charge in [0.05, 0.1) is 0 Å². The summed E-state index contributed by atoms with van der Waals surface area (Å²) >= 11 is 0. The number of allylic oxidation sites excluding steroid dienone is 2. The zero-order chi connectivity index (χ0) is 18.0. The lowest BCUT2D eigenvalue weighted by atomic mass is 10.1. The fourth-order valence-corrected chi connectivity index (χ4v) is 2.30. The summed E-state index contributed by atoms with van der Waals surface area (Å²) in [5.74, 6) is 5.82. The lowest BCUT2D eigenvalue weighted by molar-refractivity contribution is -0.116. The molecule has 136 valence electrons. The molecule has 0 spiro atoms. The summed E-state index contributed by atoms with van der Waals surface area (Å²) in [7, 11) is 0. The van der Waals surface area contributed by atoms with Crippen LogP contribution in [0.4, 0.5) is 0 Å². The Morgan fingerprint density at radius 1 is 1.29 bits per heavy atom. The van der Waals surface area contributed by atoms with Crippen LogP contribution in [0.1, 0.15) is 59.3 Å². The summed E-state index contributed by atoms with van der Waals surface area (Å²) < 4.78 is 0. The molecule has 0 bridgehead atoms. The van der Waals surface area contributed by atoms with Crippen LogP contribution in [0.2, 0.25) is 0 Å². The summed E-state index contributed by atoms with van der Waals surface area (Å²) in [4.78, 5) is 11.7. The maximum absolute atomic E-state index is 11.7. The third-order valence-electron chi connectivity index (χ3n) is 3.78. The lowest BCUT2D eigenvalue weighted by Crippen LogP contribution is -2.31. The quantitative estimate of drug-likeness (QED) is 0.210. The van der Waals surface area contributed by atoms with Crippen LogP contribution in [0.3, 0.4) is 0 Å². The van der Waals surface area contributed by atoms with Crippen molar-refractivity contribution in [1.82, 2.24) is 10.6 Å². The van der Waals surface area contributed by atoms with Gasteiger partial charge in [0.2, 0.25) is 5.91 Å². The van der Waals surface area contributed by atoms with Crippen molar-refractivity contribution < 1.29 is 4.79 Å². The van der Waals surface area contributed by atoms with Gasteiger partial charge in [-0.1, -0.05) is 38.3 Å². The van der Waals surface area contributed by atoms with Gasteiger partial charge in [-0.25, -0.2) is 0 Å². The van der Waals surface area contributed by atoms with E-state index in [0.29, 0.717) is 32.0 Å². The summed E-state index contributed by atoms with van der Waals surface area (Å²) in [5.41, 5.74) is 6.76. The van der Waals surface area contributed by atoms with E-state index in [1.54, 1.807) is 6.08 Å². The smallest absolute Gasteiger partial charge is 0.243 e. The van der Waals surface area contributed by atoms with Crippen LogP contribution in [0.15, 0.2) is 23.8 Å². The average Bonchev–Trinajstić information content (AvgIpc) is 2.59. The Hall–Kier alpha value is -1.57. The van der Waals surface area contributed by atoms with Gasteiger partial charge in [0.15, 0.2) is 0 Å². The normalized spacial score (nSPS) is 12.8. The molecule has 0 aliphatic carbocycles. The molecule has 0 radical (unpaired) electrons. The molecular formula is C20H35N3O. The highest BCUT2D eigenvalue weighted by atomic mass is 16.1. The highest BCUT2D eigenvalue weighted by molar-refractivity contribution is 5.87. The number of hydrogen-bond donors (Lipinski definition) is 3. The average molecular weight is 334 g/mol. The Kier molecular flexibility index (Phi) is 15.2. The van der Waals surface area contributed by atoms with E-state index in [9.17, 15) is 4.79 Å². The molecule has 0 heterocycles. The predicted molar refractivity (Wildman–Crippen MR) is 104 cm³/mol. The van der Waals surface area contributed by atoms with Crippen molar-refractivity contribution >= 4 is 5.91 Å². The fourth-order valence-electron chi connectivity index (χ4n) is 2.30. The molecule has 1 unspecified atom stereocenters. The zero-order valence-corrected chi connectivity index (χ0v) is 15.7. The van der Waals surface area contributed by atoms with Gasteiger partial charge < -0.3 is 16.4 Å². The van der Waals surface area contributed by atoms with E-state index in [0.717, 1.165) is 25.0 Å². The first-order valence-corrected chi connectivity index (χ1v) is 9.13. The third kappa shape index (κ3) is 12.9. The van der Waals surface area contributed by atoms with E-state index in [1.807, 2.05) is 19.1 Å². The van der Waals surface area contributed by atoms with E-state index in [1.165, 1.54) is 12.8 Å². The van der Waals surface area contributed by atoms with Crippen LogP contribution >= 0.6 is 0 Å². The van der Waals surface area contributed by atoms with Crippen molar-refractivity contribution in [2.24, 2.45) is 5.73 Å². The summed E-state index contributed by atoms with van der Waals surface area (Å²) in [6, 6.07) is 0.603. The predicted octanol–water partition coefficient (Wildman–Crippen LogP) is 2.91. The van der Waals surface area contributed by atoms with Crippen molar-refractivity contribution in [3.05, 3.63) is 23.8 Å². The molecule has 0 aromatic carbocycles. The van der Waals surface area contributed by atoms with Gasteiger partial charge in [-0.05, 0) is 50.8 Å². The summed E-state index contributed by atoms with van der Waals surface area (Å²) in [5, 5.41) is 6.44. The Morgan fingerprint density at radius 2 is 2.08 bits per heavy atom. The topological polar surface area (TPSA) is 67.2 Å². The first kappa shape index (κ1) is 22.4. The number of carbonyl (C=O) groups is 1. The Morgan fingerprint density at radius 3 is 2.71 bits per heavy atom. The van der Waals surface area contributed by atoms with Gasteiger partial charge in [-0.2, -0.15) is 0 Å². The second-order valence-electron chi connectivity index (χ2n) is 5.80. The SMILES string of the molecule is CC#CC/C(=C\CC=CC(=O)NCCCNC(CC)CCC)CN. The van der Waals surface area contributed by atoms with Crippen LogP contribution in [-0.2, 0) is 4.79 Å². The second-order valence-corrected chi connectivity index (χ2v) is 5.80. The van der Waals surface area contributed by atoms with Gasteiger partial charge in [0.1, 0.15) is 0 Å². The number of rotatable bonds is 13. The van der Waals surface area contributed by atoms with Gasteiger partial charge in [0, 0.05) is 25.6 Å². The molecule has 1 atom stereocenters. The maximum atomic E-state index is 11.7. The first-order chi connectivity index (χ1) is 11.7. The van der Waals surface area contributed by atoms with Crippen molar-refractivity contribution in [2.45, 2.75) is 65.3 Å². The Labute approximate surface area is 148 Å². The first-order valence-electron chi connectivity index (χ1n) is 9.13. The number of carbonyl (C=O) groups excluding carboxylic acids is 1. The third-order valence-corrected chi connectivity index (χ3v) is 3.78. The standard InChI is InChI=1S/C20H35N3O/c1-4-7-12-18(17-21)13-8-9-14-20(24)23-16-10-15-22-19(6-3)11-5-2/h9,13-14,19,22H,5-6,8,10-12,15-17,21H2,1-3H3,(H,23,24)/b14-9?,18-13+. The number of nitrogens with two attached hydrogens (primary N) is 1.